The Morgan fingerprint density at radius 3 is 1.82 bits per heavy atom. The second-order valence-corrected chi connectivity index (χ2v) is 6.04. The minimum atomic E-state index is 0.224. The van der Waals surface area contributed by atoms with Crippen LogP contribution >= 0.6 is 0 Å². The molecule has 0 radical (unpaired) electrons. The van der Waals surface area contributed by atoms with Crippen molar-refractivity contribution >= 4 is 0 Å². The van der Waals surface area contributed by atoms with Gasteiger partial charge in [-0.3, -0.25) is 0 Å². The van der Waals surface area contributed by atoms with Gasteiger partial charge in [-0.15, -0.1) is 0 Å². The van der Waals surface area contributed by atoms with Gasteiger partial charge in [-0.05, 0) is 33.1 Å². The van der Waals surface area contributed by atoms with Crippen LogP contribution in [0.4, 0.5) is 0 Å². The molecule has 0 aliphatic carbocycles. The molecule has 0 fully saturated rings. The van der Waals surface area contributed by atoms with E-state index in [0.29, 0.717) is 5.41 Å². The van der Waals surface area contributed by atoms with E-state index in [0.717, 1.165) is 13.2 Å². The summed E-state index contributed by atoms with van der Waals surface area (Å²) in [5, 5.41) is 3.41. The molecule has 0 saturated heterocycles. The lowest BCUT2D eigenvalue weighted by Crippen LogP contribution is -2.35. The summed E-state index contributed by atoms with van der Waals surface area (Å²) in [6.07, 6.45) is 4.44. The van der Waals surface area contributed by atoms with Crippen molar-refractivity contribution in [2.45, 2.75) is 54.0 Å². The lowest BCUT2D eigenvalue weighted by molar-refractivity contribution is 0.0687. The molecule has 3 nitrogen and oxygen atoms in total. The maximum Gasteiger partial charge on any atom is 0.0653 e. The largest absolute Gasteiger partial charge is 0.309 e. The molecular formula is C14H32N2O. The highest BCUT2D eigenvalue weighted by atomic mass is 16.6. The van der Waals surface area contributed by atoms with Gasteiger partial charge in [0.15, 0.2) is 0 Å². The first-order valence-electron chi connectivity index (χ1n) is 6.33. The number of hydrogen-bond donors (Lipinski definition) is 2. The molecule has 0 aliphatic rings. The van der Waals surface area contributed by atoms with Crippen LogP contribution in [0.1, 0.15) is 48.5 Å². The molecule has 2 N–H and O–H groups in total. The SMILES string of the molecule is CC(C)(C)/C=C/CNC(C)(C)C.CCONC. The fourth-order valence-corrected chi connectivity index (χ4v) is 0.922. The minimum absolute atomic E-state index is 0.224. The Balaban J connectivity index is 0. The molecule has 0 amide bonds. The van der Waals surface area contributed by atoms with E-state index in [-0.39, 0.29) is 5.54 Å². The third kappa shape index (κ3) is 25.7. The van der Waals surface area contributed by atoms with Gasteiger partial charge in [0.2, 0.25) is 0 Å². The van der Waals surface area contributed by atoms with Crippen LogP contribution in [0.15, 0.2) is 12.2 Å². The molecule has 0 heterocycles. The lowest BCUT2D eigenvalue weighted by Gasteiger charge is -2.19. The quantitative estimate of drug-likeness (QED) is 0.589. The predicted octanol–water partition coefficient (Wildman–Crippen LogP) is 3.13. The zero-order chi connectivity index (χ0) is 13.9. The first-order chi connectivity index (χ1) is 7.62. The highest BCUT2D eigenvalue weighted by Gasteiger charge is 2.07. The normalized spacial score (nSPS) is 12.5. The zero-order valence-corrected chi connectivity index (χ0v) is 13.0. The molecule has 0 unspecified atom stereocenters. The summed E-state index contributed by atoms with van der Waals surface area (Å²) in [6, 6.07) is 0. The Morgan fingerprint density at radius 2 is 1.59 bits per heavy atom. The van der Waals surface area contributed by atoms with Gasteiger partial charge in [0.05, 0.1) is 6.61 Å². The summed E-state index contributed by atoms with van der Waals surface area (Å²) in [5.41, 5.74) is 3.05. The van der Waals surface area contributed by atoms with Gasteiger partial charge in [-0.25, -0.2) is 5.48 Å². The fraction of sp³-hybridized carbons (Fsp3) is 0.857. The van der Waals surface area contributed by atoms with E-state index in [4.69, 9.17) is 0 Å². The van der Waals surface area contributed by atoms with Crippen LogP contribution in [0.3, 0.4) is 0 Å². The molecule has 0 rings (SSSR count). The first-order valence-corrected chi connectivity index (χ1v) is 6.33. The van der Waals surface area contributed by atoms with Crippen LogP contribution in [0.5, 0.6) is 0 Å². The molecule has 3 heteroatoms. The second kappa shape index (κ2) is 9.63. The van der Waals surface area contributed by atoms with Crippen molar-refractivity contribution in [1.29, 1.82) is 0 Å². The fourth-order valence-electron chi connectivity index (χ4n) is 0.922. The summed E-state index contributed by atoms with van der Waals surface area (Å²) in [4.78, 5) is 4.58. The van der Waals surface area contributed by atoms with Crippen molar-refractivity contribution < 1.29 is 4.84 Å². The minimum Gasteiger partial charge on any atom is -0.309 e. The molecule has 0 aromatic heterocycles. The van der Waals surface area contributed by atoms with Gasteiger partial charge in [0, 0.05) is 19.1 Å². The molecule has 0 aromatic rings. The van der Waals surface area contributed by atoms with Crippen molar-refractivity contribution in [2.24, 2.45) is 5.41 Å². The van der Waals surface area contributed by atoms with Crippen LogP contribution in [0.2, 0.25) is 0 Å². The van der Waals surface area contributed by atoms with Crippen LogP contribution in [-0.2, 0) is 4.84 Å². The number of hydrogen-bond acceptors (Lipinski definition) is 3. The highest BCUT2D eigenvalue weighted by molar-refractivity contribution is 4.94. The van der Waals surface area contributed by atoms with Crippen LogP contribution in [-0.4, -0.2) is 25.7 Å². The lowest BCUT2D eigenvalue weighted by atomic mass is 9.96. The maximum atomic E-state index is 4.58. The Kier molecular flexibility index (Phi) is 10.7. The van der Waals surface area contributed by atoms with E-state index in [1.165, 1.54) is 0 Å². The molecule has 0 saturated carbocycles. The van der Waals surface area contributed by atoms with E-state index in [9.17, 15) is 0 Å². The third-order valence-electron chi connectivity index (χ3n) is 1.66. The number of hydroxylamine groups is 1. The van der Waals surface area contributed by atoms with Crippen molar-refractivity contribution in [1.82, 2.24) is 10.8 Å². The zero-order valence-electron chi connectivity index (χ0n) is 13.0. The average molecular weight is 244 g/mol. The van der Waals surface area contributed by atoms with Gasteiger partial charge in [-0.1, -0.05) is 32.9 Å². The van der Waals surface area contributed by atoms with Gasteiger partial charge >= 0.3 is 0 Å². The van der Waals surface area contributed by atoms with Crippen molar-refractivity contribution in [3.63, 3.8) is 0 Å². The summed E-state index contributed by atoms with van der Waals surface area (Å²) >= 11 is 0. The van der Waals surface area contributed by atoms with E-state index >= 15 is 0 Å². The molecule has 104 valence electrons. The molecule has 0 bridgehead atoms. The number of allylic oxidation sites excluding steroid dienone is 1. The maximum absolute atomic E-state index is 4.58. The van der Waals surface area contributed by atoms with Gasteiger partial charge < -0.3 is 10.2 Å². The average Bonchev–Trinajstić information content (AvgIpc) is 2.12. The van der Waals surface area contributed by atoms with Crippen LogP contribution in [0, 0.1) is 5.41 Å². The van der Waals surface area contributed by atoms with E-state index in [1.54, 1.807) is 7.05 Å². The van der Waals surface area contributed by atoms with Gasteiger partial charge in [-0.2, -0.15) is 0 Å². The summed E-state index contributed by atoms with van der Waals surface area (Å²) < 4.78 is 0. The van der Waals surface area contributed by atoms with Gasteiger partial charge in [0.1, 0.15) is 0 Å². The monoisotopic (exact) mass is 244 g/mol. The summed E-state index contributed by atoms with van der Waals surface area (Å²) in [6.45, 7) is 16.8. The molecule has 0 spiro atoms. The molecular weight excluding hydrogens is 212 g/mol. The highest BCUT2D eigenvalue weighted by Crippen LogP contribution is 2.13. The predicted molar refractivity (Wildman–Crippen MR) is 77.0 cm³/mol. The molecule has 17 heavy (non-hydrogen) atoms. The van der Waals surface area contributed by atoms with Crippen molar-refractivity contribution in [2.75, 3.05) is 20.2 Å². The van der Waals surface area contributed by atoms with Crippen LogP contribution in [0.25, 0.3) is 0 Å². The number of rotatable bonds is 4. The summed E-state index contributed by atoms with van der Waals surface area (Å²) in [7, 11) is 1.74. The van der Waals surface area contributed by atoms with Crippen molar-refractivity contribution in [3.8, 4) is 0 Å². The van der Waals surface area contributed by atoms with E-state index < -0.39 is 0 Å². The summed E-state index contributed by atoms with van der Waals surface area (Å²) in [5.74, 6) is 0. The number of nitrogens with one attached hydrogen (secondary N) is 2. The van der Waals surface area contributed by atoms with Crippen LogP contribution < -0.4 is 10.8 Å². The molecule has 0 aliphatic heterocycles. The Hall–Kier alpha value is -0.380. The van der Waals surface area contributed by atoms with Crippen molar-refractivity contribution in [3.05, 3.63) is 12.2 Å². The Labute approximate surface area is 108 Å². The topological polar surface area (TPSA) is 33.3 Å². The molecule has 0 aromatic carbocycles. The van der Waals surface area contributed by atoms with Gasteiger partial charge in [0.25, 0.3) is 0 Å². The van der Waals surface area contributed by atoms with E-state index in [2.05, 4.69) is 69.3 Å². The van der Waals surface area contributed by atoms with E-state index in [1.807, 2.05) is 6.92 Å². The smallest absolute Gasteiger partial charge is 0.0653 e. The second-order valence-electron chi connectivity index (χ2n) is 6.04. The first kappa shape index (κ1) is 19.0. The standard InChI is InChI=1S/C11H23N.C3H9NO/c1-10(2,3)8-7-9-12-11(4,5)6;1-3-5-4-2/h7-8,12H,9H2,1-6H3;4H,3H2,1-2H3/b8-7+;. The molecule has 0 atom stereocenters. The third-order valence-corrected chi connectivity index (χ3v) is 1.66. The Morgan fingerprint density at radius 1 is 1.06 bits per heavy atom. The Bertz CT molecular complexity index is 185.